The van der Waals surface area contributed by atoms with Crippen molar-refractivity contribution in [2.75, 3.05) is 0 Å². The van der Waals surface area contributed by atoms with E-state index < -0.39 is 5.97 Å². The number of carboxylic acid groups (broad SMARTS) is 1. The van der Waals surface area contributed by atoms with Crippen molar-refractivity contribution in [3.8, 4) is 0 Å². The Balaban J connectivity index is 2.43. The molecule has 1 aromatic heterocycles. The molecule has 0 amide bonds. The molecule has 2 rings (SSSR count). The van der Waals surface area contributed by atoms with Gasteiger partial charge in [0.2, 0.25) is 0 Å². The molecule has 4 heteroatoms. The minimum Gasteiger partial charge on any atom is -0.476 e. The smallest absolute Gasteiger partial charge is 0.356 e. The molecule has 0 fully saturated rings. The van der Waals surface area contributed by atoms with Gasteiger partial charge in [-0.3, -0.25) is 5.10 Å². The molecular formula is C8H10N2O2. The van der Waals surface area contributed by atoms with Crippen LogP contribution in [0.1, 0.15) is 28.7 Å². The zero-order chi connectivity index (χ0) is 8.72. The molecule has 4 nitrogen and oxygen atoms in total. The molecule has 2 N–H and O–H groups in total. The van der Waals surface area contributed by atoms with Crippen LogP contribution in [0.25, 0.3) is 0 Å². The minimum absolute atomic E-state index is 0.203. The van der Waals surface area contributed by atoms with E-state index in [4.69, 9.17) is 5.11 Å². The average molecular weight is 166 g/mol. The zero-order valence-corrected chi connectivity index (χ0v) is 6.79. The van der Waals surface area contributed by atoms with Crippen LogP contribution in [0.2, 0.25) is 0 Å². The fraction of sp³-hybridized carbons (Fsp3) is 0.500. The number of hydrogen-bond donors (Lipinski definition) is 2. The number of hydrogen-bond acceptors (Lipinski definition) is 2. The Labute approximate surface area is 69.6 Å². The third-order valence-electron chi connectivity index (χ3n) is 2.26. The lowest BCUT2D eigenvalue weighted by Crippen LogP contribution is -2.02. The molecule has 0 spiro atoms. The van der Waals surface area contributed by atoms with E-state index >= 15 is 0 Å². The van der Waals surface area contributed by atoms with E-state index in [1.165, 1.54) is 0 Å². The number of aromatic nitrogens is 2. The topological polar surface area (TPSA) is 66.0 Å². The summed E-state index contributed by atoms with van der Waals surface area (Å²) in [7, 11) is 0. The SMILES string of the molecule is C[C@@H]1Cc2[nH]nc(C(=O)O)c2C1. The molecule has 0 saturated heterocycles. The maximum Gasteiger partial charge on any atom is 0.356 e. The highest BCUT2D eigenvalue weighted by Gasteiger charge is 2.26. The molecule has 1 atom stereocenters. The molecule has 0 radical (unpaired) electrons. The quantitative estimate of drug-likeness (QED) is 0.649. The monoisotopic (exact) mass is 166 g/mol. The van der Waals surface area contributed by atoms with E-state index in [9.17, 15) is 4.79 Å². The first kappa shape index (κ1) is 7.34. The van der Waals surface area contributed by atoms with Gasteiger partial charge >= 0.3 is 5.97 Å². The summed E-state index contributed by atoms with van der Waals surface area (Å²) in [5, 5.41) is 15.3. The van der Waals surface area contributed by atoms with Gasteiger partial charge < -0.3 is 5.11 Å². The number of H-pyrrole nitrogens is 1. The highest BCUT2D eigenvalue weighted by Crippen LogP contribution is 2.26. The minimum atomic E-state index is -0.929. The summed E-state index contributed by atoms with van der Waals surface area (Å²) in [6.45, 7) is 2.11. The first-order valence-electron chi connectivity index (χ1n) is 3.98. The summed E-state index contributed by atoms with van der Waals surface area (Å²) in [4.78, 5) is 10.6. The average Bonchev–Trinajstić information content (AvgIpc) is 2.43. The van der Waals surface area contributed by atoms with Gasteiger partial charge in [0.15, 0.2) is 5.69 Å². The van der Waals surface area contributed by atoms with Gasteiger partial charge in [-0.25, -0.2) is 4.79 Å². The van der Waals surface area contributed by atoms with Crippen molar-refractivity contribution in [3.05, 3.63) is 17.0 Å². The summed E-state index contributed by atoms with van der Waals surface area (Å²) < 4.78 is 0. The Kier molecular flexibility index (Phi) is 1.43. The normalized spacial score (nSPS) is 20.9. The molecule has 12 heavy (non-hydrogen) atoms. The molecule has 0 aromatic carbocycles. The Bertz CT molecular complexity index is 330. The van der Waals surface area contributed by atoms with E-state index in [0.29, 0.717) is 5.92 Å². The number of carbonyl (C=O) groups is 1. The van der Waals surface area contributed by atoms with Crippen molar-refractivity contribution >= 4 is 5.97 Å². The maximum atomic E-state index is 10.6. The predicted octanol–water partition coefficient (Wildman–Crippen LogP) is 0.843. The van der Waals surface area contributed by atoms with E-state index in [1.54, 1.807) is 0 Å². The third-order valence-corrected chi connectivity index (χ3v) is 2.26. The van der Waals surface area contributed by atoms with E-state index in [1.807, 2.05) is 0 Å². The lowest BCUT2D eigenvalue weighted by atomic mass is 10.1. The van der Waals surface area contributed by atoms with Crippen LogP contribution in [0.3, 0.4) is 0 Å². The van der Waals surface area contributed by atoms with Crippen molar-refractivity contribution < 1.29 is 9.90 Å². The van der Waals surface area contributed by atoms with Gasteiger partial charge in [-0.05, 0) is 18.8 Å². The molecule has 0 saturated carbocycles. The first-order valence-corrected chi connectivity index (χ1v) is 3.98. The van der Waals surface area contributed by atoms with E-state index in [2.05, 4.69) is 17.1 Å². The van der Waals surface area contributed by atoms with Gasteiger partial charge in [0.05, 0.1) is 0 Å². The highest BCUT2D eigenvalue weighted by atomic mass is 16.4. The van der Waals surface area contributed by atoms with Gasteiger partial charge in [0, 0.05) is 11.3 Å². The molecule has 1 aliphatic rings. The standard InChI is InChI=1S/C8H10N2O2/c1-4-2-5-6(3-4)9-10-7(5)8(11)12/h4H,2-3H2,1H3,(H,9,10)(H,11,12)/t4-/m0/s1. The van der Waals surface area contributed by atoms with Crippen molar-refractivity contribution in [1.29, 1.82) is 0 Å². The van der Waals surface area contributed by atoms with Gasteiger partial charge in [-0.1, -0.05) is 6.92 Å². The van der Waals surface area contributed by atoms with Crippen LogP contribution in [-0.2, 0) is 12.8 Å². The molecule has 0 bridgehead atoms. The lowest BCUT2D eigenvalue weighted by Gasteiger charge is -1.96. The van der Waals surface area contributed by atoms with Crippen LogP contribution >= 0.6 is 0 Å². The second kappa shape index (κ2) is 2.33. The van der Waals surface area contributed by atoms with Crippen LogP contribution in [0.4, 0.5) is 0 Å². The van der Waals surface area contributed by atoms with Crippen LogP contribution in [0, 0.1) is 5.92 Å². The second-order valence-electron chi connectivity index (χ2n) is 3.35. The lowest BCUT2D eigenvalue weighted by molar-refractivity contribution is 0.0689. The van der Waals surface area contributed by atoms with E-state index in [-0.39, 0.29) is 5.69 Å². The molecule has 1 aliphatic carbocycles. The summed E-state index contributed by atoms with van der Waals surface area (Å²) in [6.07, 6.45) is 1.77. The first-order chi connectivity index (χ1) is 5.68. The fourth-order valence-electron chi connectivity index (χ4n) is 1.74. The van der Waals surface area contributed by atoms with Crippen molar-refractivity contribution in [3.63, 3.8) is 0 Å². The molecule has 0 unspecified atom stereocenters. The van der Waals surface area contributed by atoms with Gasteiger partial charge in [-0.15, -0.1) is 0 Å². The number of nitrogens with one attached hydrogen (secondary N) is 1. The molecular weight excluding hydrogens is 156 g/mol. The van der Waals surface area contributed by atoms with Gasteiger partial charge in [0.25, 0.3) is 0 Å². The number of nitrogens with zero attached hydrogens (tertiary/aromatic N) is 1. The van der Waals surface area contributed by atoms with Crippen molar-refractivity contribution in [2.45, 2.75) is 19.8 Å². The highest BCUT2D eigenvalue weighted by molar-refractivity contribution is 5.87. The third kappa shape index (κ3) is 0.913. The summed E-state index contributed by atoms with van der Waals surface area (Å²) >= 11 is 0. The van der Waals surface area contributed by atoms with Gasteiger partial charge in [-0.2, -0.15) is 5.10 Å². The number of carboxylic acids is 1. The largest absolute Gasteiger partial charge is 0.476 e. The molecule has 64 valence electrons. The summed E-state index contributed by atoms with van der Waals surface area (Å²) in [5.74, 6) is -0.381. The van der Waals surface area contributed by atoms with Crippen molar-refractivity contribution in [1.82, 2.24) is 10.2 Å². The predicted molar refractivity (Wildman–Crippen MR) is 42.1 cm³/mol. The zero-order valence-electron chi connectivity index (χ0n) is 6.79. The summed E-state index contributed by atoms with van der Waals surface area (Å²) in [5.41, 5.74) is 2.10. The molecule has 1 aromatic rings. The number of aromatic amines is 1. The number of fused-ring (bicyclic) bond motifs is 1. The van der Waals surface area contributed by atoms with Crippen LogP contribution < -0.4 is 0 Å². The fourth-order valence-corrected chi connectivity index (χ4v) is 1.74. The van der Waals surface area contributed by atoms with Crippen molar-refractivity contribution in [2.24, 2.45) is 5.92 Å². The number of aromatic carboxylic acids is 1. The Morgan fingerprint density at radius 3 is 3.08 bits per heavy atom. The Morgan fingerprint density at radius 1 is 1.67 bits per heavy atom. The van der Waals surface area contributed by atoms with E-state index in [0.717, 1.165) is 24.1 Å². The van der Waals surface area contributed by atoms with Crippen LogP contribution in [0.15, 0.2) is 0 Å². The Morgan fingerprint density at radius 2 is 2.42 bits per heavy atom. The van der Waals surface area contributed by atoms with Gasteiger partial charge in [0.1, 0.15) is 0 Å². The maximum absolute atomic E-state index is 10.6. The van der Waals surface area contributed by atoms with Crippen LogP contribution in [0.5, 0.6) is 0 Å². The summed E-state index contributed by atoms with van der Waals surface area (Å²) in [6, 6.07) is 0. The van der Waals surface area contributed by atoms with Crippen LogP contribution in [-0.4, -0.2) is 21.3 Å². The Hall–Kier alpha value is -1.32. The molecule has 0 aliphatic heterocycles. The second-order valence-corrected chi connectivity index (χ2v) is 3.35. The molecule has 1 heterocycles. The number of rotatable bonds is 1.